The molecule has 0 aliphatic rings. The number of hydrogen-bond acceptors (Lipinski definition) is 4. The van der Waals surface area contributed by atoms with Gasteiger partial charge in [-0.15, -0.1) is 0 Å². The molecule has 0 bridgehead atoms. The second-order valence-electron chi connectivity index (χ2n) is 3.88. The summed E-state index contributed by atoms with van der Waals surface area (Å²) in [5.74, 6) is 0.892. The van der Waals surface area contributed by atoms with Crippen molar-refractivity contribution in [1.29, 1.82) is 0 Å². The molecule has 104 valence electrons. The van der Waals surface area contributed by atoms with E-state index in [1.54, 1.807) is 37.6 Å². The maximum absolute atomic E-state index is 12.4. The lowest BCUT2D eigenvalue weighted by molar-refractivity contribution is 0.103. The number of aromatic nitrogens is 1. The van der Waals surface area contributed by atoms with E-state index < -0.39 is 0 Å². The van der Waals surface area contributed by atoms with Crippen molar-refractivity contribution < 1.29 is 14.3 Å². The quantitative estimate of drug-likeness (QED) is 0.731. The van der Waals surface area contributed by atoms with Crippen LogP contribution in [-0.2, 0) is 0 Å². The molecule has 0 fully saturated rings. The molecule has 0 radical (unpaired) electrons. The molecule has 0 saturated heterocycles. The Labute approximate surface area is 133 Å². The van der Waals surface area contributed by atoms with Gasteiger partial charge in [0.2, 0.25) is 5.78 Å². The van der Waals surface area contributed by atoms with Gasteiger partial charge in [0.1, 0.15) is 5.69 Å². The summed E-state index contributed by atoms with van der Waals surface area (Å²) in [6, 6.07) is 6.79. The Morgan fingerprint density at radius 3 is 2.40 bits per heavy atom. The highest BCUT2D eigenvalue weighted by molar-refractivity contribution is 9.11. The van der Waals surface area contributed by atoms with E-state index in [-0.39, 0.29) is 5.78 Å². The largest absolute Gasteiger partial charge is 0.493 e. The summed E-state index contributed by atoms with van der Waals surface area (Å²) in [5, 5.41) is 0. The maximum Gasteiger partial charge on any atom is 0.212 e. The van der Waals surface area contributed by atoms with E-state index in [9.17, 15) is 4.79 Å². The summed E-state index contributed by atoms with van der Waals surface area (Å²) in [6.07, 6.45) is 1.58. The zero-order valence-corrected chi connectivity index (χ0v) is 14.0. The van der Waals surface area contributed by atoms with Crippen LogP contribution in [0, 0.1) is 0 Å². The van der Waals surface area contributed by atoms with Gasteiger partial charge >= 0.3 is 0 Å². The second kappa shape index (κ2) is 6.37. The lowest BCUT2D eigenvalue weighted by atomic mass is 10.1. The van der Waals surface area contributed by atoms with E-state index in [0.29, 0.717) is 27.2 Å². The van der Waals surface area contributed by atoms with E-state index >= 15 is 0 Å². The van der Waals surface area contributed by atoms with Crippen molar-refractivity contribution in [3.63, 3.8) is 0 Å². The van der Waals surface area contributed by atoms with Crippen LogP contribution in [-0.4, -0.2) is 25.0 Å². The number of pyridine rings is 1. The van der Waals surface area contributed by atoms with Crippen LogP contribution >= 0.6 is 31.9 Å². The lowest BCUT2D eigenvalue weighted by Gasteiger charge is -2.09. The topological polar surface area (TPSA) is 48.4 Å². The summed E-state index contributed by atoms with van der Waals surface area (Å²) >= 11 is 6.64. The predicted molar refractivity (Wildman–Crippen MR) is 82.6 cm³/mol. The molecule has 0 N–H and O–H groups in total. The smallest absolute Gasteiger partial charge is 0.212 e. The van der Waals surface area contributed by atoms with Crippen LogP contribution in [0.3, 0.4) is 0 Å². The number of benzene rings is 1. The Morgan fingerprint density at radius 1 is 1.10 bits per heavy atom. The highest BCUT2D eigenvalue weighted by Crippen LogP contribution is 2.29. The monoisotopic (exact) mass is 399 g/mol. The van der Waals surface area contributed by atoms with E-state index in [0.717, 1.165) is 4.47 Å². The van der Waals surface area contributed by atoms with Gasteiger partial charge < -0.3 is 9.47 Å². The molecule has 20 heavy (non-hydrogen) atoms. The SMILES string of the molecule is COc1ccc(C(=O)c2ncc(Br)cc2Br)cc1OC. The van der Waals surface area contributed by atoms with Crippen molar-refractivity contribution >= 4 is 37.6 Å². The maximum atomic E-state index is 12.4. The number of hydrogen-bond donors (Lipinski definition) is 0. The first-order valence-electron chi connectivity index (χ1n) is 5.64. The molecule has 4 nitrogen and oxygen atoms in total. The highest BCUT2D eigenvalue weighted by Gasteiger charge is 2.16. The van der Waals surface area contributed by atoms with Crippen LogP contribution in [0.25, 0.3) is 0 Å². The summed E-state index contributed by atoms with van der Waals surface area (Å²) in [5.41, 5.74) is 0.832. The van der Waals surface area contributed by atoms with Gasteiger partial charge in [-0.3, -0.25) is 9.78 Å². The molecule has 0 aliphatic heterocycles. The molecule has 0 aliphatic carbocycles. The van der Waals surface area contributed by atoms with Crippen molar-refractivity contribution in [2.45, 2.75) is 0 Å². The van der Waals surface area contributed by atoms with Gasteiger partial charge in [0, 0.05) is 20.7 Å². The molecule has 6 heteroatoms. The van der Waals surface area contributed by atoms with Crippen molar-refractivity contribution in [1.82, 2.24) is 4.98 Å². The van der Waals surface area contributed by atoms with E-state index in [1.165, 1.54) is 7.11 Å². The molecule has 0 atom stereocenters. The summed E-state index contributed by atoms with van der Waals surface area (Å²) in [6.45, 7) is 0. The van der Waals surface area contributed by atoms with E-state index in [2.05, 4.69) is 36.8 Å². The molecule has 1 aromatic heterocycles. The molecule has 2 aromatic rings. The first kappa shape index (κ1) is 15.0. The van der Waals surface area contributed by atoms with Gasteiger partial charge in [-0.25, -0.2) is 0 Å². The number of ether oxygens (including phenoxy) is 2. The van der Waals surface area contributed by atoms with Crippen LogP contribution in [0.4, 0.5) is 0 Å². The van der Waals surface area contributed by atoms with Gasteiger partial charge in [-0.1, -0.05) is 0 Å². The predicted octanol–water partition coefficient (Wildman–Crippen LogP) is 3.85. The second-order valence-corrected chi connectivity index (χ2v) is 5.65. The Morgan fingerprint density at radius 2 is 1.80 bits per heavy atom. The number of ketones is 1. The van der Waals surface area contributed by atoms with Gasteiger partial charge in [0.05, 0.1) is 14.2 Å². The molecule has 0 amide bonds. The average molecular weight is 401 g/mol. The number of carbonyl (C=O) groups is 1. The zero-order chi connectivity index (χ0) is 14.7. The number of halogens is 2. The zero-order valence-electron chi connectivity index (χ0n) is 10.8. The van der Waals surface area contributed by atoms with Crippen molar-refractivity contribution in [2.75, 3.05) is 14.2 Å². The third-order valence-electron chi connectivity index (χ3n) is 2.67. The first-order valence-corrected chi connectivity index (χ1v) is 7.23. The molecule has 0 unspecified atom stereocenters. The highest BCUT2D eigenvalue weighted by atomic mass is 79.9. The van der Waals surface area contributed by atoms with Crippen LogP contribution in [0.1, 0.15) is 16.1 Å². The molecule has 1 aromatic carbocycles. The lowest BCUT2D eigenvalue weighted by Crippen LogP contribution is -2.06. The minimum atomic E-state index is -0.190. The molecule has 1 heterocycles. The number of methoxy groups -OCH3 is 2. The van der Waals surface area contributed by atoms with Crippen molar-refractivity contribution in [2.24, 2.45) is 0 Å². The fourth-order valence-corrected chi connectivity index (χ4v) is 2.86. The summed E-state index contributed by atoms with van der Waals surface area (Å²) < 4.78 is 11.8. The number of nitrogens with zero attached hydrogens (tertiary/aromatic N) is 1. The van der Waals surface area contributed by atoms with Gasteiger partial charge in [0.25, 0.3) is 0 Å². The summed E-state index contributed by atoms with van der Waals surface area (Å²) in [7, 11) is 3.08. The number of rotatable bonds is 4. The van der Waals surface area contributed by atoms with Crippen LogP contribution < -0.4 is 9.47 Å². The van der Waals surface area contributed by atoms with Crippen molar-refractivity contribution in [3.8, 4) is 11.5 Å². The number of carbonyl (C=O) groups excluding carboxylic acids is 1. The molecule has 0 spiro atoms. The molecule has 0 saturated carbocycles. The summed E-state index contributed by atoms with van der Waals surface area (Å²) in [4.78, 5) is 16.6. The fourth-order valence-electron chi connectivity index (χ4n) is 1.70. The Bertz CT molecular complexity index is 659. The van der Waals surface area contributed by atoms with Gasteiger partial charge in [-0.05, 0) is 56.1 Å². The van der Waals surface area contributed by atoms with E-state index in [1.807, 2.05) is 0 Å². The first-order chi connectivity index (χ1) is 9.56. The minimum Gasteiger partial charge on any atom is -0.493 e. The van der Waals surface area contributed by atoms with Gasteiger partial charge in [0.15, 0.2) is 11.5 Å². The Balaban J connectivity index is 2.43. The van der Waals surface area contributed by atoms with Gasteiger partial charge in [-0.2, -0.15) is 0 Å². The molecular weight excluding hydrogens is 390 g/mol. The minimum absolute atomic E-state index is 0.190. The van der Waals surface area contributed by atoms with Crippen LogP contribution in [0.15, 0.2) is 39.4 Å². The van der Waals surface area contributed by atoms with Crippen LogP contribution in [0.2, 0.25) is 0 Å². The Hall–Kier alpha value is -1.40. The molecular formula is C14H11Br2NO3. The fraction of sp³-hybridized carbons (Fsp3) is 0.143. The average Bonchev–Trinajstić information content (AvgIpc) is 2.45. The van der Waals surface area contributed by atoms with Crippen molar-refractivity contribution in [3.05, 3.63) is 50.7 Å². The third kappa shape index (κ3) is 3.02. The third-order valence-corrected chi connectivity index (χ3v) is 3.71. The Kier molecular flexibility index (Phi) is 4.77. The van der Waals surface area contributed by atoms with E-state index in [4.69, 9.17) is 9.47 Å². The standard InChI is InChI=1S/C14H11Br2NO3/c1-19-11-4-3-8(5-12(11)20-2)14(18)13-10(16)6-9(15)7-17-13/h3-7H,1-2H3. The normalized spacial score (nSPS) is 10.2. The molecule has 2 rings (SSSR count). The van der Waals surface area contributed by atoms with Crippen LogP contribution in [0.5, 0.6) is 11.5 Å².